The first-order chi connectivity index (χ1) is 9.45. The lowest BCUT2D eigenvalue weighted by Crippen LogP contribution is -2.37. The van der Waals surface area contributed by atoms with Crippen molar-refractivity contribution in [1.82, 2.24) is 4.90 Å². The summed E-state index contributed by atoms with van der Waals surface area (Å²) in [5.74, 6) is 0. The Morgan fingerprint density at radius 2 is 1.57 bits per heavy atom. The summed E-state index contributed by atoms with van der Waals surface area (Å²) in [6.07, 6.45) is 0. The minimum absolute atomic E-state index is 0.367. The molecular weight excluding hydrogens is 327 g/mol. The highest BCUT2D eigenvalue weighted by molar-refractivity contribution is 7.87. The summed E-state index contributed by atoms with van der Waals surface area (Å²) < 4.78 is 60.8. The third kappa shape index (κ3) is 4.21. The molecule has 10 nitrogen and oxygen atoms in total. The number of halogens is 3. The fourth-order valence-corrected chi connectivity index (χ4v) is 2.21. The Morgan fingerprint density at radius 3 is 1.90 bits per heavy atom. The van der Waals surface area contributed by atoms with Crippen LogP contribution in [0.25, 0.3) is 0 Å². The van der Waals surface area contributed by atoms with Crippen LogP contribution in [0.2, 0.25) is 0 Å². The largest absolute Gasteiger partial charge is 0.523 e. The van der Waals surface area contributed by atoms with Crippen LogP contribution in [0.1, 0.15) is 0 Å². The molecule has 1 fully saturated rings. The Morgan fingerprint density at radius 1 is 1.14 bits per heavy atom. The van der Waals surface area contributed by atoms with E-state index in [0.29, 0.717) is 0 Å². The van der Waals surface area contributed by atoms with Crippen LogP contribution in [0.15, 0.2) is 0 Å². The van der Waals surface area contributed by atoms with Gasteiger partial charge in [-0.2, -0.15) is 21.6 Å². The Kier molecular flexibility index (Phi) is 5.06. The molecule has 1 saturated heterocycles. The van der Waals surface area contributed by atoms with Gasteiger partial charge in [0.15, 0.2) is 0 Å². The summed E-state index contributed by atoms with van der Waals surface area (Å²) >= 11 is 0. The van der Waals surface area contributed by atoms with Gasteiger partial charge in [0.05, 0.1) is 19.7 Å². The zero-order valence-corrected chi connectivity index (χ0v) is 11.0. The predicted octanol–water partition coefficient (Wildman–Crippen LogP) is -0.541. The molecule has 14 heteroatoms. The molecule has 0 spiro atoms. The molecule has 0 amide bonds. The molecular formula is C7H10F3N3O7S. The second-order valence-electron chi connectivity index (χ2n) is 4.19. The fourth-order valence-electron chi connectivity index (χ4n) is 1.79. The van der Waals surface area contributed by atoms with Gasteiger partial charge in [0.2, 0.25) is 0 Å². The molecule has 0 bridgehead atoms. The third-order valence-electron chi connectivity index (χ3n) is 2.81. The number of alkyl halides is 3. The Bertz CT molecular complexity index is 500. The first-order valence-corrected chi connectivity index (χ1v) is 6.81. The topological polar surface area (TPSA) is 133 Å². The summed E-state index contributed by atoms with van der Waals surface area (Å²) in [4.78, 5) is 20.7. The minimum atomic E-state index is -5.74. The van der Waals surface area contributed by atoms with Crippen molar-refractivity contribution in [2.75, 3.05) is 26.2 Å². The summed E-state index contributed by atoms with van der Waals surface area (Å²) in [7, 11) is -5.74. The number of rotatable bonds is 6. The number of nitro groups is 2. The van der Waals surface area contributed by atoms with Gasteiger partial charge in [-0.15, -0.1) is 0 Å². The molecule has 2 atom stereocenters. The van der Waals surface area contributed by atoms with E-state index in [1.165, 1.54) is 0 Å². The van der Waals surface area contributed by atoms with Gasteiger partial charge in [-0.25, -0.2) is 0 Å². The smallest absolute Gasteiger partial charge is 0.287 e. The number of nitrogens with zero attached hydrogens (tertiary/aromatic N) is 3. The van der Waals surface area contributed by atoms with Gasteiger partial charge in [-0.05, 0) is 0 Å². The van der Waals surface area contributed by atoms with E-state index in [2.05, 4.69) is 4.18 Å². The molecule has 1 aliphatic rings. The lowest BCUT2D eigenvalue weighted by Gasteiger charge is -2.13. The molecule has 1 rings (SSSR count). The molecule has 0 radical (unpaired) electrons. The summed E-state index contributed by atoms with van der Waals surface area (Å²) in [5, 5.41) is 21.3. The Hall–Kier alpha value is -1.54. The van der Waals surface area contributed by atoms with E-state index in [9.17, 15) is 41.8 Å². The number of hydrogen-bond acceptors (Lipinski definition) is 8. The van der Waals surface area contributed by atoms with E-state index in [-0.39, 0.29) is 13.1 Å². The maximum absolute atomic E-state index is 12.0. The third-order valence-corrected chi connectivity index (χ3v) is 3.85. The van der Waals surface area contributed by atoms with E-state index < -0.39 is 50.7 Å². The lowest BCUT2D eigenvalue weighted by molar-refractivity contribution is -0.606. The molecule has 0 aliphatic carbocycles. The standard InChI is InChI=1S/C7H10F3N3O7S/c8-7(9,10)21(18,19)20-2-1-11-3-5(12(14)15)6(4-11)13(16)17/h5-6H,1-4H2. The zero-order chi connectivity index (χ0) is 16.4. The minimum Gasteiger partial charge on any atom is -0.287 e. The van der Waals surface area contributed by atoms with Crippen LogP contribution >= 0.6 is 0 Å². The molecule has 0 aromatic carbocycles. The van der Waals surface area contributed by atoms with E-state index in [4.69, 9.17) is 0 Å². The van der Waals surface area contributed by atoms with Crippen molar-refractivity contribution in [3.05, 3.63) is 20.2 Å². The van der Waals surface area contributed by atoms with Gasteiger partial charge >= 0.3 is 15.6 Å². The van der Waals surface area contributed by atoms with Crippen LogP contribution in [0.4, 0.5) is 13.2 Å². The second-order valence-corrected chi connectivity index (χ2v) is 5.79. The molecule has 0 aromatic rings. The van der Waals surface area contributed by atoms with Crippen LogP contribution in [0.5, 0.6) is 0 Å². The van der Waals surface area contributed by atoms with Gasteiger partial charge in [0.1, 0.15) is 0 Å². The highest BCUT2D eigenvalue weighted by Gasteiger charge is 2.50. The highest BCUT2D eigenvalue weighted by Crippen LogP contribution is 2.24. The van der Waals surface area contributed by atoms with Gasteiger partial charge in [0.25, 0.3) is 12.1 Å². The van der Waals surface area contributed by atoms with E-state index >= 15 is 0 Å². The molecule has 122 valence electrons. The van der Waals surface area contributed by atoms with Crippen molar-refractivity contribution < 1.29 is 35.6 Å². The molecule has 21 heavy (non-hydrogen) atoms. The van der Waals surface area contributed by atoms with Gasteiger partial charge in [0, 0.05) is 16.4 Å². The monoisotopic (exact) mass is 337 g/mol. The van der Waals surface area contributed by atoms with Crippen LogP contribution in [-0.4, -0.2) is 67.0 Å². The van der Waals surface area contributed by atoms with Crippen LogP contribution in [0, 0.1) is 20.2 Å². The highest BCUT2D eigenvalue weighted by atomic mass is 32.2. The van der Waals surface area contributed by atoms with Crippen LogP contribution in [0.3, 0.4) is 0 Å². The average molecular weight is 337 g/mol. The lowest BCUT2D eigenvalue weighted by atomic mass is 10.2. The molecule has 0 saturated carbocycles. The van der Waals surface area contributed by atoms with Crippen molar-refractivity contribution in [3.8, 4) is 0 Å². The first-order valence-electron chi connectivity index (χ1n) is 5.40. The van der Waals surface area contributed by atoms with Gasteiger partial charge in [-0.1, -0.05) is 0 Å². The predicted molar refractivity (Wildman–Crippen MR) is 58.9 cm³/mol. The SMILES string of the molecule is O=[N+]([O-])C1CN(CCOS(=O)(=O)C(F)(F)F)CC1[N+](=O)[O-]. The Balaban J connectivity index is 2.55. The maximum atomic E-state index is 12.0. The number of hydrogen-bond donors (Lipinski definition) is 0. The van der Waals surface area contributed by atoms with Crippen molar-refractivity contribution >= 4 is 10.1 Å². The molecule has 1 heterocycles. The zero-order valence-electron chi connectivity index (χ0n) is 10.2. The average Bonchev–Trinajstić information content (AvgIpc) is 2.71. The van der Waals surface area contributed by atoms with Crippen LogP contribution in [-0.2, 0) is 14.3 Å². The van der Waals surface area contributed by atoms with E-state index in [0.717, 1.165) is 4.90 Å². The Labute approximate surface area is 115 Å². The van der Waals surface area contributed by atoms with Crippen molar-refractivity contribution in [2.45, 2.75) is 17.6 Å². The van der Waals surface area contributed by atoms with Crippen molar-refractivity contribution in [2.24, 2.45) is 0 Å². The van der Waals surface area contributed by atoms with E-state index in [1.54, 1.807) is 0 Å². The van der Waals surface area contributed by atoms with Gasteiger partial charge in [-0.3, -0.25) is 29.3 Å². The molecule has 0 aromatic heterocycles. The quantitative estimate of drug-likeness (QED) is 0.273. The van der Waals surface area contributed by atoms with Crippen molar-refractivity contribution in [3.63, 3.8) is 0 Å². The second kappa shape index (κ2) is 6.07. The van der Waals surface area contributed by atoms with Crippen molar-refractivity contribution in [1.29, 1.82) is 0 Å². The number of likely N-dealkylation sites (tertiary alicyclic amines) is 1. The molecule has 1 aliphatic heterocycles. The van der Waals surface area contributed by atoms with Gasteiger partial charge < -0.3 is 0 Å². The fraction of sp³-hybridized carbons (Fsp3) is 1.00. The maximum Gasteiger partial charge on any atom is 0.523 e. The summed E-state index contributed by atoms with van der Waals surface area (Å²) in [6, 6.07) is -3.00. The van der Waals surface area contributed by atoms with Crippen LogP contribution < -0.4 is 0 Å². The summed E-state index contributed by atoms with van der Waals surface area (Å²) in [6.45, 7) is -2.05. The normalized spacial score (nSPS) is 24.1. The summed E-state index contributed by atoms with van der Waals surface area (Å²) in [5.41, 5.74) is -5.56. The first kappa shape index (κ1) is 17.5. The van der Waals surface area contributed by atoms with E-state index in [1.807, 2.05) is 0 Å². The molecule has 2 unspecified atom stereocenters. The molecule has 0 N–H and O–H groups in total.